The van der Waals surface area contributed by atoms with Crippen LogP contribution in [0, 0.1) is 0 Å². The van der Waals surface area contributed by atoms with Crippen LogP contribution in [0.2, 0.25) is 0 Å². The van der Waals surface area contributed by atoms with Gasteiger partial charge >= 0.3 is 0 Å². The minimum absolute atomic E-state index is 0.556. The van der Waals surface area contributed by atoms with E-state index in [2.05, 4.69) is 0 Å². The molecule has 0 spiro atoms. The second-order valence-electron chi connectivity index (χ2n) is 4.45. The molecule has 0 aliphatic rings. The highest BCUT2D eigenvalue weighted by Gasteiger charge is 2.13. The van der Waals surface area contributed by atoms with Gasteiger partial charge in [0.25, 0.3) is 0 Å². The van der Waals surface area contributed by atoms with Crippen molar-refractivity contribution in [1.82, 2.24) is 0 Å². The van der Waals surface area contributed by atoms with Crippen LogP contribution in [0.1, 0.15) is 19.4 Å². The van der Waals surface area contributed by atoms with E-state index in [0.29, 0.717) is 17.2 Å². The lowest BCUT2D eigenvalue weighted by Crippen LogP contribution is -2.13. The van der Waals surface area contributed by atoms with Gasteiger partial charge in [0.15, 0.2) is 11.5 Å². The lowest BCUT2D eigenvalue weighted by molar-refractivity contribution is 0.134. The van der Waals surface area contributed by atoms with Crippen molar-refractivity contribution >= 4 is 6.08 Å². The smallest absolute Gasteiger partial charge is 0.203 e. The monoisotopic (exact) mass is 252 g/mol. The quantitative estimate of drug-likeness (QED) is 0.874. The molecule has 0 bridgehead atoms. The average Bonchev–Trinajstić information content (AvgIpc) is 2.33. The second kappa shape index (κ2) is 5.78. The van der Waals surface area contributed by atoms with Crippen molar-refractivity contribution in [2.24, 2.45) is 0 Å². The van der Waals surface area contributed by atoms with Gasteiger partial charge in [-0.15, -0.1) is 0 Å². The number of rotatable bonds is 5. The number of benzene rings is 1. The van der Waals surface area contributed by atoms with Crippen LogP contribution in [-0.4, -0.2) is 32.0 Å². The number of methoxy groups -OCH3 is 3. The number of hydrogen-bond donors (Lipinski definition) is 1. The van der Waals surface area contributed by atoms with Crippen molar-refractivity contribution in [2.45, 2.75) is 19.4 Å². The molecule has 4 nitrogen and oxygen atoms in total. The molecule has 1 N–H and O–H groups in total. The normalized spacial score (nSPS) is 11.7. The minimum atomic E-state index is -0.861. The molecule has 100 valence electrons. The molecule has 1 aromatic rings. The molecule has 0 radical (unpaired) electrons. The number of hydrogen-bond acceptors (Lipinski definition) is 4. The fourth-order valence-electron chi connectivity index (χ4n) is 1.50. The molecule has 0 amide bonds. The Labute approximate surface area is 108 Å². The first kappa shape index (κ1) is 14.4. The Morgan fingerprint density at radius 1 is 1.00 bits per heavy atom. The Bertz CT molecular complexity index is 405. The summed E-state index contributed by atoms with van der Waals surface area (Å²) in [6.07, 6.45) is 3.51. The third kappa shape index (κ3) is 3.67. The maximum Gasteiger partial charge on any atom is 0.203 e. The summed E-state index contributed by atoms with van der Waals surface area (Å²) in [6.45, 7) is 3.42. The van der Waals surface area contributed by atoms with Crippen LogP contribution in [0.5, 0.6) is 17.2 Å². The summed E-state index contributed by atoms with van der Waals surface area (Å²) < 4.78 is 15.7. The zero-order valence-corrected chi connectivity index (χ0v) is 11.5. The predicted molar refractivity (Wildman–Crippen MR) is 71.4 cm³/mol. The highest BCUT2D eigenvalue weighted by molar-refractivity contribution is 5.62. The first-order valence-electron chi connectivity index (χ1n) is 5.63. The molecular formula is C14H20O4. The van der Waals surface area contributed by atoms with Gasteiger partial charge in [0.1, 0.15) is 0 Å². The van der Waals surface area contributed by atoms with Crippen LogP contribution >= 0.6 is 0 Å². The Morgan fingerprint density at radius 2 is 1.50 bits per heavy atom. The molecular weight excluding hydrogens is 232 g/mol. The third-order valence-electron chi connectivity index (χ3n) is 2.37. The maximum absolute atomic E-state index is 9.66. The van der Waals surface area contributed by atoms with E-state index in [1.165, 1.54) is 0 Å². The van der Waals surface area contributed by atoms with Crippen LogP contribution in [0.4, 0.5) is 0 Å². The first-order valence-corrected chi connectivity index (χ1v) is 5.63. The Morgan fingerprint density at radius 3 is 1.83 bits per heavy atom. The van der Waals surface area contributed by atoms with Crippen molar-refractivity contribution in [1.29, 1.82) is 0 Å². The fraction of sp³-hybridized carbons (Fsp3) is 0.429. The molecule has 0 unspecified atom stereocenters. The topological polar surface area (TPSA) is 47.9 Å². The lowest BCUT2D eigenvalue weighted by atomic mass is 10.1. The molecule has 18 heavy (non-hydrogen) atoms. The molecule has 4 heteroatoms. The second-order valence-corrected chi connectivity index (χ2v) is 4.45. The number of aliphatic hydroxyl groups is 1. The van der Waals surface area contributed by atoms with E-state index < -0.39 is 5.60 Å². The molecule has 0 heterocycles. The summed E-state index contributed by atoms with van der Waals surface area (Å²) in [7, 11) is 4.70. The highest BCUT2D eigenvalue weighted by atomic mass is 16.5. The van der Waals surface area contributed by atoms with Gasteiger partial charge in [-0.1, -0.05) is 12.2 Å². The van der Waals surface area contributed by atoms with Gasteiger partial charge in [0.05, 0.1) is 26.9 Å². The zero-order chi connectivity index (χ0) is 13.8. The molecule has 1 rings (SSSR count). The molecule has 0 atom stereocenters. The van der Waals surface area contributed by atoms with Crippen molar-refractivity contribution < 1.29 is 19.3 Å². The standard InChI is InChI=1S/C14H20O4/c1-14(2,15)7-6-10-8-11(16-3)13(18-5)12(9-10)17-4/h6-9,15H,1-5H3/b7-6+. The van der Waals surface area contributed by atoms with E-state index in [-0.39, 0.29) is 0 Å². The molecule has 0 fully saturated rings. The van der Waals surface area contributed by atoms with Gasteiger partial charge in [-0.3, -0.25) is 0 Å². The van der Waals surface area contributed by atoms with Crippen molar-refractivity contribution in [3.63, 3.8) is 0 Å². The van der Waals surface area contributed by atoms with E-state index in [1.54, 1.807) is 41.3 Å². The molecule has 0 aromatic heterocycles. The van der Waals surface area contributed by atoms with Crippen molar-refractivity contribution in [3.8, 4) is 17.2 Å². The minimum Gasteiger partial charge on any atom is -0.493 e. The predicted octanol–water partition coefficient (Wildman–Crippen LogP) is 2.50. The van der Waals surface area contributed by atoms with Crippen LogP contribution in [0.15, 0.2) is 18.2 Å². The molecule has 1 aromatic carbocycles. The summed E-state index contributed by atoms with van der Waals surface area (Å²) in [5, 5.41) is 9.66. The summed E-state index contributed by atoms with van der Waals surface area (Å²) in [5.41, 5.74) is 0.00653. The van der Waals surface area contributed by atoms with Gasteiger partial charge in [-0.25, -0.2) is 0 Å². The van der Waals surface area contributed by atoms with Gasteiger partial charge in [-0.05, 0) is 31.5 Å². The molecule has 0 aliphatic heterocycles. The van der Waals surface area contributed by atoms with E-state index >= 15 is 0 Å². The Hall–Kier alpha value is -1.68. The Kier molecular flexibility index (Phi) is 4.62. The number of ether oxygens (including phenoxy) is 3. The SMILES string of the molecule is COc1cc(/C=C/C(C)(C)O)cc(OC)c1OC. The largest absolute Gasteiger partial charge is 0.493 e. The zero-order valence-electron chi connectivity index (χ0n) is 11.5. The molecule has 0 saturated carbocycles. The van der Waals surface area contributed by atoms with Gasteiger partial charge < -0.3 is 19.3 Å². The van der Waals surface area contributed by atoms with Crippen LogP contribution in [0.25, 0.3) is 6.08 Å². The van der Waals surface area contributed by atoms with E-state index in [0.717, 1.165) is 5.56 Å². The van der Waals surface area contributed by atoms with Gasteiger partial charge in [-0.2, -0.15) is 0 Å². The first-order chi connectivity index (χ1) is 8.41. The Balaban J connectivity index is 3.19. The van der Waals surface area contributed by atoms with Gasteiger partial charge in [0, 0.05) is 0 Å². The molecule has 0 aliphatic carbocycles. The summed E-state index contributed by atoms with van der Waals surface area (Å²) in [4.78, 5) is 0. The van der Waals surface area contributed by atoms with Crippen LogP contribution < -0.4 is 14.2 Å². The molecule has 0 saturated heterocycles. The van der Waals surface area contributed by atoms with Crippen LogP contribution in [-0.2, 0) is 0 Å². The van der Waals surface area contributed by atoms with E-state index in [4.69, 9.17) is 14.2 Å². The summed E-state index contributed by atoms with van der Waals surface area (Å²) in [6, 6.07) is 3.65. The van der Waals surface area contributed by atoms with E-state index in [1.807, 2.05) is 18.2 Å². The van der Waals surface area contributed by atoms with Crippen molar-refractivity contribution in [3.05, 3.63) is 23.8 Å². The van der Waals surface area contributed by atoms with Crippen LogP contribution in [0.3, 0.4) is 0 Å². The summed E-state index contributed by atoms with van der Waals surface area (Å²) >= 11 is 0. The summed E-state index contributed by atoms with van der Waals surface area (Å²) in [5.74, 6) is 1.74. The third-order valence-corrected chi connectivity index (χ3v) is 2.37. The maximum atomic E-state index is 9.66. The fourth-order valence-corrected chi connectivity index (χ4v) is 1.50. The van der Waals surface area contributed by atoms with E-state index in [9.17, 15) is 5.11 Å². The van der Waals surface area contributed by atoms with Gasteiger partial charge in [0.2, 0.25) is 5.75 Å². The average molecular weight is 252 g/mol. The highest BCUT2D eigenvalue weighted by Crippen LogP contribution is 2.38. The lowest BCUT2D eigenvalue weighted by Gasteiger charge is -2.14. The van der Waals surface area contributed by atoms with Crippen molar-refractivity contribution in [2.75, 3.05) is 21.3 Å².